The van der Waals surface area contributed by atoms with Gasteiger partial charge in [-0.1, -0.05) is 18.2 Å². The van der Waals surface area contributed by atoms with E-state index in [0.29, 0.717) is 0 Å². The third kappa shape index (κ3) is 8.59. The average Bonchev–Trinajstić information content (AvgIpc) is 4.13. The van der Waals surface area contributed by atoms with Crippen LogP contribution in [0.15, 0.2) is 93.2 Å². The summed E-state index contributed by atoms with van der Waals surface area (Å²) in [6.45, 7) is 4.35. The summed E-state index contributed by atoms with van der Waals surface area (Å²) in [7, 11) is 0. The minimum absolute atomic E-state index is 0.190. The van der Waals surface area contributed by atoms with Gasteiger partial charge in [0.05, 0.1) is 60.4 Å². The lowest BCUT2D eigenvalue weighted by atomic mass is 9.89. The highest BCUT2D eigenvalue weighted by Gasteiger charge is 2.37. The molecule has 0 saturated heterocycles. The summed E-state index contributed by atoms with van der Waals surface area (Å²) in [5.74, 6) is -29.7. The normalized spacial score (nSPS) is 14.0. The van der Waals surface area contributed by atoms with Crippen LogP contribution in [0.4, 0.5) is 43.9 Å². The largest absolute Gasteiger partial charge is 0.462 e. The number of H-pyrrole nitrogens is 1. The van der Waals surface area contributed by atoms with Crippen LogP contribution in [-0.4, -0.2) is 66.7 Å². The van der Waals surface area contributed by atoms with Crippen LogP contribution in [0.1, 0.15) is 61.3 Å². The molecule has 7 rings (SSSR count). The molecule has 1 aromatic heterocycles. The maximum Gasteiger partial charge on any atom is 0.346 e. The summed E-state index contributed by atoms with van der Waals surface area (Å²) >= 11 is 0. The van der Waals surface area contributed by atoms with Gasteiger partial charge in [-0.15, -0.1) is 0 Å². The highest BCUT2D eigenvalue weighted by atomic mass is 19.2. The van der Waals surface area contributed by atoms with Crippen molar-refractivity contribution >= 4 is 57.6 Å². The van der Waals surface area contributed by atoms with Gasteiger partial charge in [-0.05, 0) is 81.3 Å². The molecule has 4 aromatic rings. The number of hydrogen-bond acceptors (Lipinski definition) is 10. The first kappa shape index (κ1) is 48.8. The van der Waals surface area contributed by atoms with E-state index in [-0.39, 0.29) is 37.6 Å². The third-order valence-corrected chi connectivity index (χ3v) is 10.3. The van der Waals surface area contributed by atoms with Crippen LogP contribution < -0.4 is 0 Å². The molecule has 0 spiro atoms. The summed E-state index contributed by atoms with van der Waals surface area (Å²) < 4.78 is 174. The van der Waals surface area contributed by atoms with E-state index in [1.54, 1.807) is 0 Å². The number of nitrogens with zero attached hydrogens (tertiary/aromatic N) is 2. The van der Waals surface area contributed by atoms with Gasteiger partial charge in [0.1, 0.15) is 0 Å². The van der Waals surface area contributed by atoms with Crippen LogP contribution in [0.5, 0.6) is 0 Å². The maximum atomic E-state index is 16.0. The summed E-state index contributed by atoms with van der Waals surface area (Å²) in [6, 6.07) is 6.77. The predicted octanol–water partition coefficient (Wildman–Crippen LogP) is 9.42. The fourth-order valence-electron chi connectivity index (χ4n) is 7.48. The standard InChI is InChI=1S/C48H31F10N3O8/c1-5-66-45(62)33(46(63)67-6-2)27-19-10-9-11-20(18-19)28(34(47(64)68-7-3)48(65)69-8-4)22-13-15-24(60-22)30(32-37(51)41(55)44(58)42(56)38(32)52)26-17-16-25(61-26)29(23-14-12-21(27)59-23)31-35(49)39(53)43(57)40(54)36(31)50/h9-18,61H,5-8H2,1-4H3. The number of carbonyl (C=O) groups excluding carboxylic acids is 4. The molecule has 69 heavy (non-hydrogen) atoms. The zero-order chi connectivity index (χ0) is 50.2. The molecule has 11 nitrogen and oxygen atoms in total. The molecule has 0 atom stereocenters. The molecule has 1 N–H and O–H groups in total. The Labute approximate surface area is 383 Å². The van der Waals surface area contributed by atoms with Crippen molar-refractivity contribution in [3.8, 4) is 0 Å². The second-order valence-corrected chi connectivity index (χ2v) is 14.3. The van der Waals surface area contributed by atoms with Gasteiger partial charge < -0.3 is 23.9 Å². The molecule has 21 heteroatoms. The van der Waals surface area contributed by atoms with Crippen LogP contribution in [-0.2, 0) is 38.1 Å². The second-order valence-electron chi connectivity index (χ2n) is 14.3. The summed E-state index contributed by atoms with van der Waals surface area (Å²) in [5.41, 5.74) is -11.8. The van der Waals surface area contributed by atoms with Crippen molar-refractivity contribution in [2.75, 3.05) is 26.4 Å². The Morgan fingerprint density at radius 3 is 1.06 bits per heavy atom. The smallest absolute Gasteiger partial charge is 0.346 e. The van der Waals surface area contributed by atoms with E-state index < -0.39 is 161 Å². The van der Waals surface area contributed by atoms with Gasteiger partial charge in [-0.25, -0.2) is 73.1 Å². The van der Waals surface area contributed by atoms with Gasteiger partial charge in [0, 0.05) is 33.7 Å². The number of hydrogen-bond donors (Lipinski definition) is 1. The van der Waals surface area contributed by atoms with E-state index in [4.69, 9.17) is 18.9 Å². The molecule has 3 aliphatic rings. The van der Waals surface area contributed by atoms with Gasteiger partial charge in [0.25, 0.3) is 0 Å². The topological polar surface area (TPSA) is 146 Å². The molecule has 356 valence electrons. The number of aliphatic imine (C=N–C) groups is 2. The summed E-state index contributed by atoms with van der Waals surface area (Å²) in [6.07, 6.45) is 4.03. The fourth-order valence-corrected chi connectivity index (χ4v) is 7.48. The van der Waals surface area contributed by atoms with Gasteiger partial charge in [-0.3, -0.25) is 0 Å². The fraction of sp³-hybridized carbons (Fsp3) is 0.167. The van der Waals surface area contributed by atoms with Crippen molar-refractivity contribution in [2.45, 2.75) is 27.7 Å². The van der Waals surface area contributed by atoms with Gasteiger partial charge >= 0.3 is 23.9 Å². The minimum Gasteiger partial charge on any atom is -0.462 e. The zero-order valence-electron chi connectivity index (χ0n) is 36.0. The minimum atomic E-state index is -2.56. The van der Waals surface area contributed by atoms with Crippen LogP contribution in [0.25, 0.3) is 22.3 Å². The van der Waals surface area contributed by atoms with Crippen molar-refractivity contribution in [3.05, 3.63) is 175 Å². The number of carbonyl (C=O) groups is 4. The number of rotatable bonds is 10. The molecule has 0 saturated carbocycles. The van der Waals surface area contributed by atoms with Crippen molar-refractivity contribution in [2.24, 2.45) is 9.98 Å². The molecule has 4 heterocycles. The Hall–Kier alpha value is -8.10. The number of esters is 4. The van der Waals surface area contributed by atoms with Crippen LogP contribution in [0.2, 0.25) is 0 Å². The third-order valence-electron chi connectivity index (χ3n) is 10.3. The Morgan fingerprint density at radius 1 is 0.449 bits per heavy atom. The average molecular weight is 968 g/mol. The molecule has 0 unspecified atom stereocenters. The number of ether oxygens (including phenoxy) is 4. The van der Waals surface area contributed by atoms with Gasteiger partial charge in [0.15, 0.2) is 57.7 Å². The molecule has 0 aliphatic carbocycles. The molecule has 0 fully saturated rings. The number of benzene rings is 3. The Kier molecular flexibility index (Phi) is 13.9. The van der Waals surface area contributed by atoms with Crippen LogP contribution in [0.3, 0.4) is 0 Å². The highest BCUT2D eigenvalue weighted by molar-refractivity contribution is 6.41. The number of halogens is 10. The number of aromatic nitrogens is 1. The van der Waals surface area contributed by atoms with E-state index in [9.17, 15) is 28.0 Å². The van der Waals surface area contributed by atoms with Gasteiger partial charge in [-0.2, -0.15) is 0 Å². The quantitative estimate of drug-likeness (QED) is 0.0242. The monoisotopic (exact) mass is 967 g/mol. The van der Waals surface area contributed by atoms with Crippen LogP contribution in [0, 0.1) is 58.2 Å². The van der Waals surface area contributed by atoms with E-state index in [1.165, 1.54) is 52.0 Å². The first-order valence-corrected chi connectivity index (χ1v) is 20.5. The van der Waals surface area contributed by atoms with Crippen LogP contribution >= 0.6 is 0 Å². The Morgan fingerprint density at radius 2 is 0.754 bits per heavy atom. The molecule has 3 aromatic carbocycles. The van der Waals surface area contributed by atoms with Crippen molar-refractivity contribution in [1.82, 2.24) is 4.98 Å². The number of nitrogens with one attached hydrogen (secondary N) is 1. The molecule has 0 amide bonds. The molecule has 8 bridgehead atoms. The van der Waals surface area contributed by atoms with E-state index in [2.05, 4.69) is 15.0 Å². The first-order chi connectivity index (χ1) is 32.9. The van der Waals surface area contributed by atoms with Gasteiger partial charge in [0.2, 0.25) is 11.6 Å². The highest BCUT2D eigenvalue weighted by Crippen LogP contribution is 2.42. The lowest BCUT2D eigenvalue weighted by Gasteiger charge is -2.18. The predicted molar refractivity (Wildman–Crippen MR) is 225 cm³/mol. The van der Waals surface area contributed by atoms with Crippen molar-refractivity contribution in [1.29, 1.82) is 0 Å². The zero-order valence-corrected chi connectivity index (χ0v) is 36.0. The molecule has 3 aliphatic heterocycles. The van der Waals surface area contributed by atoms with Crippen molar-refractivity contribution < 1.29 is 82.0 Å². The summed E-state index contributed by atoms with van der Waals surface area (Å²) in [5, 5.41) is 0. The first-order valence-electron chi connectivity index (χ1n) is 20.5. The second kappa shape index (κ2) is 19.6. The van der Waals surface area contributed by atoms with Crippen molar-refractivity contribution in [3.63, 3.8) is 0 Å². The molecule has 0 radical (unpaired) electrons. The number of fused-ring (bicyclic) bond motifs is 6. The van der Waals surface area contributed by atoms with E-state index in [1.807, 2.05) is 0 Å². The SMILES string of the molecule is CCOC(=O)C(C(=O)OCC)=C1C2=NC(=C(c3c(F)c(F)c(F)c(F)c3F)c3ccc([nH]3)C(c3c(F)c(F)c(F)c(F)c3F)=C3C=CC(=N3)C(=C(C(=O)OCC)C(=O)OCC)c3cccc1c3)C=C2. The van der Waals surface area contributed by atoms with E-state index >= 15 is 35.1 Å². The Balaban J connectivity index is 1.75. The molecular formula is C48H31F10N3O8. The lowest BCUT2D eigenvalue weighted by molar-refractivity contribution is -0.148. The Bertz CT molecular complexity index is 2890. The lowest BCUT2D eigenvalue weighted by Crippen LogP contribution is -2.23. The van der Waals surface area contributed by atoms with E-state index in [0.717, 1.165) is 36.4 Å². The molecular weight excluding hydrogens is 937 g/mol. The summed E-state index contributed by atoms with van der Waals surface area (Å²) in [4.78, 5) is 66.6. The number of aromatic amines is 1. The maximum absolute atomic E-state index is 16.0. The number of allylic oxidation sites excluding steroid dienone is 6.